The minimum absolute atomic E-state index is 0.100. The molecular weight excluding hydrogens is 231 g/mol. The maximum absolute atomic E-state index is 14.0. The Morgan fingerprint density at radius 2 is 2.17 bits per heavy atom. The summed E-state index contributed by atoms with van der Waals surface area (Å²) in [4.78, 5) is 0. The fourth-order valence-corrected chi connectivity index (χ4v) is 2.84. The summed E-state index contributed by atoms with van der Waals surface area (Å²) in [7, 11) is 0. The minimum Gasteiger partial charge on any atom is -0.396 e. The number of hydrogen-bond donors (Lipinski definition) is 3. The summed E-state index contributed by atoms with van der Waals surface area (Å²) in [6.07, 6.45) is 2.27. The predicted molar refractivity (Wildman–Crippen MR) is 69.5 cm³/mol. The Morgan fingerprint density at radius 1 is 1.44 bits per heavy atom. The highest BCUT2D eigenvalue weighted by Crippen LogP contribution is 2.44. The molecule has 1 heterocycles. The molecule has 1 fully saturated rings. The molecular formula is C14H19FN2O. The first kappa shape index (κ1) is 13.2. The van der Waals surface area contributed by atoms with Crippen LogP contribution < -0.4 is 11.1 Å². The SMILES string of the molecule is C=CC[C@@]1(CO)CNC[C@@]1(N)c1ccccc1F. The Morgan fingerprint density at radius 3 is 2.78 bits per heavy atom. The van der Waals surface area contributed by atoms with Gasteiger partial charge in [0, 0.05) is 24.1 Å². The third-order valence-corrected chi connectivity index (χ3v) is 4.01. The summed E-state index contributed by atoms with van der Waals surface area (Å²) in [5, 5.41) is 12.9. The summed E-state index contributed by atoms with van der Waals surface area (Å²) < 4.78 is 14.0. The highest BCUT2D eigenvalue weighted by molar-refractivity contribution is 5.32. The average Bonchev–Trinajstić information content (AvgIpc) is 2.69. The van der Waals surface area contributed by atoms with Gasteiger partial charge in [0.2, 0.25) is 0 Å². The first-order chi connectivity index (χ1) is 8.59. The lowest BCUT2D eigenvalue weighted by molar-refractivity contribution is 0.0779. The second-order valence-electron chi connectivity index (χ2n) is 4.99. The van der Waals surface area contributed by atoms with Gasteiger partial charge in [0.1, 0.15) is 5.82 Å². The van der Waals surface area contributed by atoms with Gasteiger partial charge in [0.15, 0.2) is 0 Å². The van der Waals surface area contributed by atoms with Crippen LogP contribution >= 0.6 is 0 Å². The van der Waals surface area contributed by atoms with Gasteiger partial charge in [0.05, 0.1) is 12.1 Å². The Hall–Kier alpha value is -1.23. The number of rotatable bonds is 4. The van der Waals surface area contributed by atoms with Crippen molar-refractivity contribution in [2.24, 2.45) is 11.1 Å². The molecule has 1 saturated heterocycles. The lowest BCUT2D eigenvalue weighted by Crippen LogP contribution is -2.54. The average molecular weight is 250 g/mol. The van der Waals surface area contributed by atoms with Crippen molar-refractivity contribution in [2.75, 3.05) is 19.7 Å². The van der Waals surface area contributed by atoms with Gasteiger partial charge in [-0.05, 0) is 12.5 Å². The summed E-state index contributed by atoms with van der Waals surface area (Å²) in [6, 6.07) is 6.49. The topological polar surface area (TPSA) is 58.3 Å². The number of benzene rings is 1. The van der Waals surface area contributed by atoms with Crippen molar-refractivity contribution in [3.8, 4) is 0 Å². The molecule has 0 saturated carbocycles. The Labute approximate surface area is 107 Å². The maximum Gasteiger partial charge on any atom is 0.128 e. The monoisotopic (exact) mass is 250 g/mol. The molecule has 1 aliphatic heterocycles. The molecule has 2 atom stereocenters. The fourth-order valence-electron chi connectivity index (χ4n) is 2.84. The van der Waals surface area contributed by atoms with Crippen molar-refractivity contribution < 1.29 is 9.50 Å². The first-order valence-corrected chi connectivity index (χ1v) is 6.06. The van der Waals surface area contributed by atoms with E-state index in [4.69, 9.17) is 5.73 Å². The number of nitrogens with one attached hydrogen (secondary N) is 1. The van der Waals surface area contributed by atoms with Gasteiger partial charge in [-0.15, -0.1) is 6.58 Å². The van der Waals surface area contributed by atoms with Crippen LogP contribution in [0.25, 0.3) is 0 Å². The number of halogens is 1. The van der Waals surface area contributed by atoms with Gasteiger partial charge < -0.3 is 16.2 Å². The van der Waals surface area contributed by atoms with Crippen molar-refractivity contribution in [2.45, 2.75) is 12.0 Å². The van der Waals surface area contributed by atoms with E-state index in [2.05, 4.69) is 11.9 Å². The predicted octanol–water partition coefficient (Wildman–Crippen LogP) is 1.14. The third-order valence-electron chi connectivity index (χ3n) is 4.01. The highest BCUT2D eigenvalue weighted by Gasteiger charge is 2.53. The number of hydrogen-bond acceptors (Lipinski definition) is 3. The fraction of sp³-hybridized carbons (Fsp3) is 0.429. The molecule has 0 aromatic heterocycles. The second kappa shape index (κ2) is 4.80. The van der Waals surface area contributed by atoms with Crippen LogP contribution in [0.5, 0.6) is 0 Å². The van der Waals surface area contributed by atoms with Crippen molar-refractivity contribution in [3.63, 3.8) is 0 Å². The lowest BCUT2D eigenvalue weighted by Gasteiger charge is -2.41. The molecule has 0 bridgehead atoms. The van der Waals surface area contributed by atoms with Crippen LogP contribution in [-0.2, 0) is 5.54 Å². The molecule has 0 unspecified atom stereocenters. The Kier molecular flexibility index (Phi) is 3.52. The Bertz CT molecular complexity index is 451. The molecule has 1 aromatic carbocycles. The molecule has 2 rings (SSSR count). The summed E-state index contributed by atoms with van der Waals surface area (Å²) in [5.41, 5.74) is 5.38. The second-order valence-corrected chi connectivity index (χ2v) is 4.99. The van der Waals surface area contributed by atoms with E-state index < -0.39 is 11.0 Å². The summed E-state index contributed by atoms with van der Waals surface area (Å²) >= 11 is 0. The standard InChI is InChI=1S/C14H19FN2O/c1-2-7-13(10-18)8-17-9-14(13,16)11-5-3-4-6-12(11)15/h2-6,17-18H,1,7-10,16H2/t13-,14+/m0/s1. The first-order valence-electron chi connectivity index (χ1n) is 6.06. The van der Waals surface area contributed by atoms with Crippen molar-refractivity contribution >= 4 is 0 Å². The zero-order valence-electron chi connectivity index (χ0n) is 10.3. The minimum atomic E-state index is -0.915. The van der Waals surface area contributed by atoms with Crippen LogP contribution in [0.2, 0.25) is 0 Å². The number of nitrogens with two attached hydrogens (primary N) is 1. The van der Waals surface area contributed by atoms with Crippen molar-refractivity contribution in [1.82, 2.24) is 5.32 Å². The Balaban J connectivity index is 2.51. The van der Waals surface area contributed by atoms with E-state index in [-0.39, 0.29) is 12.4 Å². The lowest BCUT2D eigenvalue weighted by atomic mass is 9.67. The van der Waals surface area contributed by atoms with E-state index in [1.807, 2.05) is 0 Å². The van der Waals surface area contributed by atoms with E-state index in [9.17, 15) is 9.50 Å². The van der Waals surface area contributed by atoms with Crippen LogP contribution in [0.4, 0.5) is 4.39 Å². The number of aliphatic hydroxyl groups is 1. The number of aliphatic hydroxyl groups excluding tert-OH is 1. The zero-order valence-corrected chi connectivity index (χ0v) is 10.3. The van der Waals surface area contributed by atoms with E-state index in [1.54, 1.807) is 24.3 Å². The molecule has 18 heavy (non-hydrogen) atoms. The van der Waals surface area contributed by atoms with Gasteiger partial charge in [-0.2, -0.15) is 0 Å². The smallest absolute Gasteiger partial charge is 0.128 e. The molecule has 1 aromatic rings. The molecule has 0 spiro atoms. The van der Waals surface area contributed by atoms with E-state index >= 15 is 0 Å². The van der Waals surface area contributed by atoms with Crippen LogP contribution in [0.15, 0.2) is 36.9 Å². The molecule has 1 aliphatic rings. The molecule has 4 heteroatoms. The maximum atomic E-state index is 14.0. The zero-order chi connectivity index (χ0) is 13.2. The van der Waals surface area contributed by atoms with Crippen LogP contribution in [-0.4, -0.2) is 24.8 Å². The molecule has 0 radical (unpaired) electrons. The summed E-state index contributed by atoms with van der Waals surface area (Å²) in [6.45, 7) is 4.61. The summed E-state index contributed by atoms with van der Waals surface area (Å²) in [5.74, 6) is -0.328. The molecule has 98 valence electrons. The van der Waals surface area contributed by atoms with Crippen molar-refractivity contribution in [1.29, 1.82) is 0 Å². The van der Waals surface area contributed by atoms with Gasteiger partial charge >= 0.3 is 0 Å². The molecule has 3 nitrogen and oxygen atoms in total. The quantitative estimate of drug-likeness (QED) is 0.702. The normalized spacial score (nSPS) is 31.5. The van der Waals surface area contributed by atoms with E-state index in [0.29, 0.717) is 25.1 Å². The van der Waals surface area contributed by atoms with Gasteiger partial charge in [-0.1, -0.05) is 24.3 Å². The highest BCUT2D eigenvalue weighted by atomic mass is 19.1. The van der Waals surface area contributed by atoms with Crippen LogP contribution in [0, 0.1) is 11.2 Å². The molecule has 0 aliphatic carbocycles. The van der Waals surface area contributed by atoms with E-state index in [1.165, 1.54) is 6.07 Å². The van der Waals surface area contributed by atoms with Crippen molar-refractivity contribution in [3.05, 3.63) is 48.3 Å². The third kappa shape index (κ3) is 1.77. The van der Waals surface area contributed by atoms with E-state index in [0.717, 1.165) is 0 Å². The molecule has 4 N–H and O–H groups in total. The van der Waals surface area contributed by atoms with Crippen LogP contribution in [0.3, 0.4) is 0 Å². The van der Waals surface area contributed by atoms with Gasteiger partial charge in [-0.25, -0.2) is 4.39 Å². The largest absolute Gasteiger partial charge is 0.396 e. The van der Waals surface area contributed by atoms with Gasteiger partial charge in [0.25, 0.3) is 0 Å². The number of allylic oxidation sites excluding steroid dienone is 1. The van der Waals surface area contributed by atoms with Gasteiger partial charge in [-0.3, -0.25) is 0 Å². The van der Waals surface area contributed by atoms with Crippen LogP contribution in [0.1, 0.15) is 12.0 Å². The molecule has 0 amide bonds.